The van der Waals surface area contributed by atoms with Gasteiger partial charge in [-0.15, -0.1) is 0 Å². The molecule has 0 radical (unpaired) electrons. The number of hydrogen-bond donors (Lipinski definition) is 2. The van der Waals surface area contributed by atoms with Gasteiger partial charge in [-0.3, -0.25) is 4.79 Å². The fourth-order valence-corrected chi connectivity index (χ4v) is 1.72. The standard InChI is InChI=1S/C11H14BrNO2/c12-8-9-4-1-2-5-10(9)11(15)13-6-3-7-14/h1-2,4-5,14H,3,6-8H2,(H,13,15). The molecule has 0 fully saturated rings. The van der Waals surface area contributed by atoms with Gasteiger partial charge in [0.05, 0.1) is 0 Å². The lowest BCUT2D eigenvalue weighted by molar-refractivity contribution is 0.0950. The van der Waals surface area contributed by atoms with Gasteiger partial charge < -0.3 is 10.4 Å². The molecule has 82 valence electrons. The summed E-state index contributed by atoms with van der Waals surface area (Å²) in [5.74, 6) is -0.0847. The summed E-state index contributed by atoms with van der Waals surface area (Å²) in [7, 11) is 0. The molecule has 0 atom stereocenters. The molecule has 1 rings (SSSR count). The third kappa shape index (κ3) is 3.64. The number of aliphatic hydroxyl groups is 1. The molecule has 1 amide bonds. The van der Waals surface area contributed by atoms with Gasteiger partial charge in [-0.2, -0.15) is 0 Å². The minimum atomic E-state index is -0.0847. The van der Waals surface area contributed by atoms with Crippen LogP contribution in [0.2, 0.25) is 0 Å². The number of halogens is 1. The van der Waals surface area contributed by atoms with Gasteiger partial charge >= 0.3 is 0 Å². The Bertz CT molecular complexity index is 328. The molecular weight excluding hydrogens is 258 g/mol. The van der Waals surface area contributed by atoms with Crippen LogP contribution < -0.4 is 5.32 Å². The minimum absolute atomic E-state index is 0.0847. The summed E-state index contributed by atoms with van der Waals surface area (Å²) in [5, 5.41) is 12.0. The second-order valence-electron chi connectivity index (χ2n) is 3.12. The van der Waals surface area contributed by atoms with Crippen LogP contribution in [0.15, 0.2) is 24.3 Å². The monoisotopic (exact) mass is 271 g/mol. The van der Waals surface area contributed by atoms with Crippen molar-refractivity contribution in [2.45, 2.75) is 11.8 Å². The largest absolute Gasteiger partial charge is 0.396 e. The summed E-state index contributed by atoms with van der Waals surface area (Å²) in [6.07, 6.45) is 0.586. The van der Waals surface area contributed by atoms with Gasteiger partial charge in [0.1, 0.15) is 0 Å². The van der Waals surface area contributed by atoms with Crippen molar-refractivity contribution >= 4 is 21.8 Å². The molecule has 0 saturated carbocycles. The first-order valence-electron chi connectivity index (χ1n) is 4.82. The molecule has 1 aromatic carbocycles. The molecule has 0 spiro atoms. The molecule has 0 unspecified atom stereocenters. The summed E-state index contributed by atoms with van der Waals surface area (Å²) < 4.78 is 0. The van der Waals surface area contributed by atoms with Crippen LogP contribution >= 0.6 is 15.9 Å². The predicted octanol–water partition coefficient (Wildman–Crippen LogP) is 1.69. The van der Waals surface area contributed by atoms with Crippen LogP contribution in [0.3, 0.4) is 0 Å². The van der Waals surface area contributed by atoms with Crippen LogP contribution in [0.25, 0.3) is 0 Å². The van der Waals surface area contributed by atoms with Crippen molar-refractivity contribution in [3.05, 3.63) is 35.4 Å². The first-order valence-corrected chi connectivity index (χ1v) is 5.94. The molecule has 2 N–H and O–H groups in total. The molecule has 4 heteroatoms. The van der Waals surface area contributed by atoms with Gasteiger partial charge in [-0.1, -0.05) is 34.1 Å². The Hall–Kier alpha value is -0.870. The van der Waals surface area contributed by atoms with E-state index >= 15 is 0 Å². The summed E-state index contributed by atoms with van der Waals surface area (Å²) >= 11 is 3.34. The third-order valence-electron chi connectivity index (χ3n) is 2.03. The highest BCUT2D eigenvalue weighted by atomic mass is 79.9. The fourth-order valence-electron chi connectivity index (χ4n) is 1.23. The number of nitrogens with one attached hydrogen (secondary N) is 1. The number of amides is 1. The summed E-state index contributed by atoms with van der Waals surface area (Å²) in [6, 6.07) is 7.45. The Kier molecular flexibility index (Phi) is 5.36. The molecule has 1 aromatic rings. The second-order valence-corrected chi connectivity index (χ2v) is 3.68. The van der Waals surface area contributed by atoms with E-state index in [1.807, 2.05) is 18.2 Å². The van der Waals surface area contributed by atoms with Crippen molar-refractivity contribution in [3.63, 3.8) is 0 Å². The van der Waals surface area contributed by atoms with Gasteiger partial charge in [0.15, 0.2) is 0 Å². The zero-order chi connectivity index (χ0) is 11.1. The number of carbonyl (C=O) groups excluding carboxylic acids is 1. The van der Waals surface area contributed by atoms with Crippen molar-refractivity contribution in [1.29, 1.82) is 0 Å². The van der Waals surface area contributed by atoms with Crippen LogP contribution in [-0.2, 0) is 5.33 Å². The highest BCUT2D eigenvalue weighted by Crippen LogP contribution is 2.12. The minimum Gasteiger partial charge on any atom is -0.396 e. The molecule has 0 aliphatic carbocycles. The Morgan fingerprint density at radius 1 is 1.40 bits per heavy atom. The number of alkyl halides is 1. The van der Waals surface area contributed by atoms with E-state index in [0.29, 0.717) is 23.9 Å². The molecule has 0 saturated heterocycles. The third-order valence-corrected chi connectivity index (χ3v) is 2.63. The smallest absolute Gasteiger partial charge is 0.251 e. The van der Waals surface area contributed by atoms with Crippen molar-refractivity contribution < 1.29 is 9.90 Å². The van der Waals surface area contributed by atoms with Crippen LogP contribution in [0, 0.1) is 0 Å². The van der Waals surface area contributed by atoms with Gasteiger partial charge in [0.2, 0.25) is 0 Å². The SMILES string of the molecule is O=C(NCCCO)c1ccccc1CBr. The van der Waals surface area contributed by atoms with Gasteiger partial charge in [0, 0.05) is 24.0 Å². The Morgan fingerprint density at radius 3 is 2.80 bits per heavy atom. The summed E-state index contributed by atoms with van der Waals surface area (Å²) in [6.45, 7) is 0.603. The maximum atomic E-state index is 11.7. The Labute approximate surface area is 97.6 Å². The summed E-state index contributed by atoms with van der Waals surface area (Å²) in [5.41, 5.74) is 1.66. The zero-order valence-electron chi connectivity index (χ0n) is 8.37. The second kappa shape index (κ2) is 6.58. The molecule has 0 heterocycles. The van der Waals surface area contributed by atoms with E-state index in [2.05, 4.69) is 21.2 Å². The van der Waals surface area contributed by atoms with Crippen molar-refractivity contribution in [1.82, 2.24) is 5.32 Å². The van der Waals surface area contributed by atoms with Gasteiger partial charge in [0.25, 0.3) is 5.91 Å². The summed E-state index contributed by atoms with van der Waals surface area (Å²) in [4.78, 5) is 11.7. The maximum absolute atomic E-state index is 11.7. The van der Waals surface area contributed by atoms with E-state index in [4.69, 9.17) is 5.11 Å². The molecule has 0 aliphatic heterocycles. The number of carbonyl (C=O) groups is 1. The molecule has 0 bridgehead atoms. The Balaban J connectivity index is 2.64. The van der Waals surface area contributed by atoms with Crippen LogP contribution in [0.1, 0.15) is 22.3 Å². The molecule has 0 aromatic heterocycles. The number of rotatable bonds is 5. The van der Waals surface area contributed by atoms with E-state index < -0.39 is 0 Å². The van der Waals surface area contributed by atoms with Gasteiger partial charge in [-0.25, -0.2) is 0 Å². The maximum Gasteiger partial charge on any atom is 0.251 e. The predicted molar refractivity (Wildman–Crippen MR) is 63.1 cm³/mol. The van der Waals surface area contributed by atoms with E-state index in [9.17, 15) is 4.79 Å². The highest BCUT2D eigenvalue weighted by molar-refractivity contribution is 9.08. The van der Waals surface area contributed by atoms with Crippen LogP contribution in [0.5, 0.6) is 0 Å². The molecule has 15 heavy (non-hydrogen) atoms. The molecule has 0 aliphatic rings. The number of hydrogen-bond acceptors (Lipinski definition) is 2. The number of benzene rings is 1. The quantitative estimate of drug-likeness (QED) is 0.633. The van der Waals surface area contributed by atoms with E-state index in [-0.39, 0.29) is 12.5 Å². The zero-order valence-corrected chi connectivity index (χ0v) is 9.96. The van der Waals surface area contributed by atoms with E-state index in [1.54, 1.807) is 6.07 Å². The van der Waals surface area contributed by atoms with E-state index in [1.165, 1.54) is 0 Å². The molecule has 3 nitrogen and oxygen atoms in total. The lowest BCUT2D eigenvalue weighted by Gasteiger charge is -2.07. The average molecular weight is 272 g/mol. The van der Waals surface area contributed by atoms with Crippen molar-refractivity contribution in [2.75, 3.05) is 13.2 Å². The Morgan fingerprint density at radius 2 is 2.13 bits per heavy atom. The lowest BCUT2D eigenvalue weighted by Crippen LogP contribution is -2.25. The molecular formula is C11H14BrNO2. The number of aliphatic hydroxyl groups excluding tert-OH is 1. The fraction of sp³-hybridized carbons (Fsp3) is 0.364. The van der Waals surface area contributed by atoms with E-state index in [0.717, 1.165) is 5.56 Å². The highest BCUT2D eigenvalue weighted by Gasteiger charge is 2.08. The topological polar surface area (TPSA) is 49.3 Å². The van der Waals surface area contributed by atoms with Crippen LogP contribution in [0.4, 0.5) is 0 Å². The normalized spacial score (nSPS) is 10.0. The average Bonchev–Trinajstić information content (AvgIpc) is 2.29. The van der Waals surface area contributed by atoms with Crippen molar-refractivity contribution in [2.24, 2.45) is 0 Å². The first kappa shape index (κ1) is 12.2. The first-order chi connectivity index (χ1) is 7.29. The lowest BCUT2D eigenvalue weighted by atomic mass is 10.1. The van der Waals surface area contributed by atoms with Gasteiger partial charge in [-0.05, 0) is 18.1 Å². The van der Waals surface area contributed by atoms with Crippen LogP contribution in [-0.4, -0.2) is 24.2 Å². The van der Waals surface area contributed by atoms with Crippen molar-refractivity contribution in [3.8, 4) is 0 Å².